The maximum absolute atomic E-state index is 5.86. The number of thioether (sulfide) groups is 1. The molecule has 0 saturated heterocycles. The molecule has 2 N–H and O–H groups in total. The van der Waals surface area contributed by atoms with Crippen LogP contribution in [0.15, 0.2) is 27.9 Å². The van der Waals surface area contributed by atoms with Gasteiger partial charge in [-0.15, -0.1) is 11.3 Å². The zero-order valence-corrected chi connectivity index (χ0v) is 11.4. The minimum Gasteiger partial charge on any atom is -0.495 e. The van der Waals surface area contributed by atoms with Crippen molar-refractivity contribution in [2.75, 3.05) is 12.8 Å². The number of rotatable bonds is 4. The second-order valence-electron chi connectivity index (χ2n) is 3.62. The molecule has 0 unspecified atom stereocenters. The van der Waals surface area contributed by atoms with Crippen molar-refractivity contribution >= 4 is 28.8 Å². The van der Waals surface area contributed by atoms with Crippen molar-refractivity contribution in [3.8, 4) is 5.75 Å². The lowest BCUT2D eigenvalue weighted by atomic mass is 10.2. The third kappa shape index (κ3) is 3.14. The molecule has 0 amide bonds. The molecule has 0 saturated carbocycles. The monoisotopic (exact) mass is 266 g/mol. The van der Waals surface area contributed by atoms with Crippen LogP contribution in [0.4, 0.5) is 5.69 Å². The molecule has 1 aromatic carbocycles. The summed E-state index contributed by atoms with van der Waals surface area (Å²) < 4.78 is 6.22. The van der Waals surface area contributed by atoms with Crippen LogP contribution in [0.3, 0.4) is 0 Å². The zero-order valence-electron chi connectivity index (χ0n) is 9.77. The largest absolute Gasteiger partial charge is 0.495 e. The predicted molar refractivity (Wildman–Crippen MR) is 73.8 cm³/mol. The van der Waals surface area contributed by atoms with Gasteiger partial charge in [-0.3, -0.25) is 0 Å². The third-order valence-corrected chi connectivity index (χ3v) is 4.46. The molecule has 17 heavy (non-hydrogen) atoms. The van der Waals surface area contributed by atoms with Crippen molar-refractivity contribution in [1.29, 1.82) is 0 Å². The molecule has 0 spiro atoms. The predicted octanol–water partition coefficient (Wildman–Crippen LogP) is 3.33. The van der Waals surface area contributed by atoms with Crippen LogP contribution >= 0.6 is 23.1 Å². The normalized spacial score (nSPS) is 10.5. The standard InChI is InChI=1S/C12H14N2OS2/c1-8-6-16-12(14-8)17-7-9-3-4-11(15-2)10(13)5-9/h3-6H,7,13H2,1-2H3. The summed E-state index contributed by atoms with van der Waals surface area (Å²) >= 11 is 3.40. The fourth-order valence-electron chi connectivity index (χ4n) is 1.42. The molecule has 0 atom stereocenters. The fourth-order valence-corrected chi connectivity index (χ4v) is 3.21. The summed E-state index contributed by atoms with van der Waals surface area (Å²) in [5.74, 6) is 1.60. The Balaban J connectivity index is 2.02. The number of thiazole rings is 1. The number of methoxy groups -OCH3 is 1. The van der Waals surface area contributed by atoms with E-state index in [1.165, 1.54) is 5.56 Å². The van der Waals surface area contributed by atoms with Crippen molar-refractivity contribution in [2.24, 2.45) is 0 Å². The maximum atomic E-state index is 5.86. The minimum atomic E-state index is 0.681. The number of ether oxygens (including phenoxy) is 1. The molecule has 0 aliphatic carbocycles. The van der Waals surface area contributed by atoms with Gasteiger partial charge in [-0.05, 0) is 24.6 Å². The van der Waals surface area contributed by atoms with Crippen LogP contribution in [0.2, 0.25) is 0 Å². The van der Waals surface area contributed by atoms with Crippen LogP contribution in [0.5, 0.6) is 5.75 Å². The molecular formula is C12H14N2OS2. The number of nitrogens with zero attached hydrogens (tertiary/aromatic N) is 1. The number of hydrogen-bond donors (Lipinski definition) is 1. The van der Waals surface area contributed by atoms with Gasteiger partial charge < -0.3 is 10.5 Å². The summed E-state index contributed by atoms with van der Waals surface area (Å²) in [6.45, 7) is 2.01. The quantitative estimate of drug-likeness (QED) is 0.681. The van der Waals surface area contributed by atoms with Gasteiger partial charge in [-0.2, -0.15) is 0 Å². The Kier molecular flexibility index (Phi) is 3.91. The molecule has 3 nitrogen and oxygen atoms in total. The first-order valence-corrected chi connectivity index (χ1v) is 7.03. The Labute approximate surface area is 109 Å². The van der Waals surface area contributed by atoms with Crippen molar-refractivity contribution in [1.82, 2.24) is 4.98 Å². The van der Waals surface area contributed by atoms with E-state index in [1.54, 1.807) is 30.2 Å². The van der Waals surface area contributed by atoms with Gasteiger partial charge in [-0.1, -0.05) is 17.8 Å². The summed E-state index contributed by atoms with van der Waals surface area (Å²) in [4.78, 5) is 4.41. The number of benzene rings is 1. The lowest BCUT2D eigenvalue weighted by Gasteiger charge is -2.06. The second kappa shape index (κ2) is 5.42. The fraction of sp³-hybridized carbons (Fsp3) is 0.250. The van der Waals surface area contributed by atoms with Gasteiger partial charge >= 0.3 is 0 Å². The molecule has 0 aliphatic heterocycles. The molecule has 2 rings (SSSR count). The summed E-state index contributed by atoms with van der Waals surface area (Å²) in [5.41, 5.74) is 8.80. The molecule has 0 bridgehead atoms. The van der Waals surface area contributed by atoms with Crippen molar-refractivity contribution in [3.63, 3.8) is 0 Å². The first-order chi connectivity index (χ1) is 8.19. The molecule has 0 fully saturated rings. The Morgan fingerprint density at radius 3 is 2.88 bits per heavy atom. The number of aryl methyl sites for hydroxylation is 1. The van der Waals surface area contributed by atoms with Crippen LogP contribution in [0, 0.1) is 6.92 Å². The van der Waals surface area contributed by atoms with E-state index in [9.17, 15) is 0 Å². The highest BCUT2D eigenvalue weighted by atomic mass is 32.2. The van der Waals surface area contributed by atoms with E-state index < -0.39 is 0 Å². The molecule has 1 heterocycles. The second-order valence-corrected chi connectivity index (χ2v) is 5.70. The average Bonchev–Trinajstić information content (AvgIpc) is 2.73. The highest BCUT2D eigenvalue weighted by Gasteiger charge is 2.03. The van der Waals surface area contributed by atoms with Crippen molar-refractivity contribution in [3.05, 3.63) is 34.8 Å². The topological polar surface area (TPSA) is 48.1 Å². The first kappa shape index (κ1) is 12.3. The minimum absolute atomic E-state index is 0.681. The summed E-state index contributed by atoms with van der Waals surface area (Å²) in [7, 11) is 1.62. The van der Waals surface area contributed by atoms with E-state index >= 15 is 0 Å². The highest BCUT2D eigenvalue weighted by molar-refractivity contribution is 8.00. The van der Waals surface area contributed by atoms with E-state index in [0.717, 1.165) is 21.5 Å². The van der Waals surface area contributed by atoms with Gasteiger partial charge in [-0.25, -0.2) is 4.98 Å². The maximum Gasteiger partial charge on any atom is 0.150 e. The van der Waals surface area contributed by atoms with E-state index in [2.05, 4.69) is 10.4 Å². The number of nitrogen functional groups attached to an aromatic ring is 1. The average molecular weight is 266 g/mol. The van der Waals surface area contributed by atoms with Gasteiger partial charge in [0.25, 0.3) is 0 Å². The van der Waals surface area contributed by atoms with Crippen molar-refractivity contribution in [2.45, 2.75) is 17.0 Å². The van der Waals surface area contributed by atoms with E-state index in [-0.39, 0.29) is 0 Å². The Morgan fingerprint density at radius 2 is 2.29 bits per heavy atom. The molecule has 0 aliphatic rings. The molecule has 1 aromatic heterocycles. The van der Waals surface area contributed by atoms with Crippen molar-refractivity contribution < 1.29 is 4.74 Å². The van der Waals surface area contributed by atoms with Gasteiger partial charge in [0, 0.05) is 16.8 Å². The molecule has 90 valence electrons. The van der Waals surface area contributed by atoms with E-state index in [0.29, 0.717) is 5.69 Å². The molecular weight excluding hydrogens is 252 g/mol. The SMILES string of the molecule is COc1ccc(CSc2nc(C)cs2)cc1N. The van der Waals surface area contributed by atoms with Crippen LogP contribution in [0.25, 0.3) is 0 Å². The van der Waals surface area contributed by atoms with Crippen LogP contribution < -0.4 is 10.5 Å². The Morgan fingerprint density at radius 1 is 1.47 bits per heavy atom. The Hall–Kier alpha value is -1.20. The van der Waals surface area contributed by atoms with Gasteiger partial charge in [0.05, 0.1) is 12.8 Å². The summed E-state index contributed by atoms with van der Waals surface area (Å²) in [5, 5.41) is 2.06. The number of anilines is 1. The van der Waals surface area contributed by atoms with Gasteiger partial charge in [0.1, 0.15) is 10.1 Å². The number of aromatic nitrogens is 1. The first-order valence-electron chi connectivity index (χ1n) is 5.16. The van der Waals surface area contributed by atoms with E-state index in [4.69, 9.17) is 10.5 Å². The molecule has 5 heteroatoms. The van der Waals surface area contributed by atoms with Crippen LogP contribution in [-0.4, -0.2) is 12.1 Å². The molecule has 2 aromatic rings. The zero-order chi connectivity index (χ0) is 12.3. The van der Waals surface area contributed by atoms with Crippen LogP contribution in [-0.2, 0) is 5.75 Å². The van der Waals surface area contributed by atoms with E-state index in [1.807, 2.05) is 25.1 Å². The number of nitrogens with two attached hydrogens (primary N) is 1. The third-order valence-electron chi connectivity index (χ3n) is 2.25. The Bertz CT molecular complexity index is 511. The van der Waals surface area contributed by atoms with Crippen LogP contribution in [0.1, 0.15) is 11.3 Å². The lowest BCUT2D eigenvalue weighted by Crippen LogP contribution is -1.93. The molecule has 0 radical (unpaired) electrons. The summed E-state index contributed by atoms with van der Waals surface area (Å²) in [6.07, 6.45) is 0. The smallest absolute Gasteiger partial charge is 0.150 e. The van der Waals surface area contributed by atoms with Gasteiger partial charge in [0.2, 0.25) is 0 Å². The summed E-state index contributed by atoms with van der Waals surface area (Å²) in [6, 6.07) is 5.88. The highest BCUT2D eigenvalue weighted by Crippen LogP contribution is 2.28. The number of hydrogen-bond acceptors (Lipinski definition) is 5. The van der Waals surface area contributed by atoms with Gasteiger partial charge in [0.15, 0.2) is 0 Å². The lowest BCUT2D eigenvalue weighted by molar-refractivity contribution is 0.417.